The van der Waals surface area contributed by atoms with Crippen molar-refractivity contribution in [2.45, 2.75) is 37.8 Å². The zero-order valence-electron chi connectivity index (χ0n) is 14.2. The molecule has 1 N–H and O–H groups in total. The van der Waals surface area contributed by atoms with E-state index in [1.165, 1.54) is 18.4 Å². The molecule has 5 nitrogen and oxygen atoms in total. The first-order valence-electron chi connectivity index (χ1n) is 8.94. The van der Waals surface area contributed by atoms with Crippen LogP contribution in [-0.2, 0) is 17.0 Å². The van der Waals surface area contributed by atoms with Gasteiger partial charge in [-0.2, -0.15) is 0 Å². The smallest absolute Gasteiger partial charge is 0.313 e. The average molecular weight is 337 g/mol. The van der Waals surface area contributed by atoms with E-state index in [1.807, 2.05) is 23.1 Å². The number of nitrogens with zero attached hydrogens (tertiary/aromatic N) is 2. The zero-order chi connectivity index (χ0) is 17.1. The maximum absolute atomic E-state index is 12.7. The first-order valence-corrected chi connectivity index (χ1v) is 8.94. The summed E-state index contributed by atoms with van der Waals surface area (Å²) < 4.78 is 0. The molecule has 1 aromatic carbocycles. The molecule has 0 radical (unpaired) electrons. The predicted octanol–water partition coefficient (Wildman–Crippen LogP) is 3.62. The molecule has 0 spiro atoms. The van der Waals surface area contributed by atoms with Crippen molar-refractivity contribution in [1.82, 2.24) is 15.4 Å². The summed E-state index contributed by atoms with van der Waals surface area (Å²) in [6.45, 7) is 1.12. The van der Waals surface area contributed by atoms with Gasteiger partial charge in [0.05, 0.1) is 5.54 Å². The van der Waals surface area contributed by atoms with Crippen molar-refractivity contribution >= 4 is 6.03 Å². The van der Waals surface area contributed by atoms with Gasteiger partial charge in [0.15, 0.2) is 0 Å². The number of pyridine rings is 1. The van der Waals surface area contributed by atoms with E-state index in [0.29, 0.717) is 12.5 Å². The molecule has 0 bridgehead atoms. The summed E-state index contributed by atoms with van der Waals surface area (Å²) in [6.07, 6.45) is 8.08. The molecule has 1 saturated heterocycles. The Kier molecular flexibility index (Phi) is 4.40. The second-order valence-electron chi connectivity index (χ2n) is 6.90. The number of nitrogens with one attached hydrogen (secondary N) is 1. The van der Waals surface area contributed by atoms with E-state index in [9.17, 15) is 4.79 Å². The second kappa shape index (κ2) is 6.84. The fraction of sp³-hybridized carbons (Fsp3) is 0.400. The molecule has 130 valence electrons. The molecule has 2 atom stereocenters. The molecule has 1 aliphatic heterocycles. The predicted molar refractivity (Wildman–Crippen MR) is 94.3 cm³/mol. The Balaban J connectivity index is 1.45. The Morgan fingerprint density at radius 3 is 2.88 bits per heavy atom. The summed E-state index contributed by atoms with van der Waals surface area (Å²) in [7, 11) is 0. The molecule has 1 aromatic heterocycles. The molecule has 4 rings (SSSR count). The number of carbonyl (C=O) groups is 1. The molecule has 0 unspecified atom stereocenters. The molecule has 1 aliphatic carbocycles. The Hall–Kier alpha value is -2.40. The van der Waals surface area contributed by atoms with Crippen LogP contribution in [0.1, 0.15) is 36.8 Å². The number of urea groups is 1. The van der Waals surface area contributed by atoms with Crippen LogP contribution in [0.25, 0.3) is 0 Å². The minimum atomic E-state index is -0.165. The number of benzene rings is 1. The van der Waals surface area contributed by atoms with Crippen molar-refractivity contribution in [3.8, 4) is 0 Å². The van der Waals surface area contributed by atoms with Gasteiger partial charge in [-0.15, -0.1) is 0 Å². The normalized spacial score (nSPS) is 25.0. The van der Waals surface area contributed by atoms with Crippen LogP contribution >= 0.6 is 0 Å². The highest BCUT2D eigenvalue weighted by Gasteiger charge is 2.57. The summed E-state index contributed by atoms with van der Waals surface area (Å²) >= 11 is 0. The maximum atomic E-state index is 12.7. The monoisotopic (exact) mass is 337 g/mol. The highest BCUT2D eigenvalue weighted by atomic mass is 16.7. The lowest BCUT2D eigenvalue weighted by molar-refractivity contribution is -0.0926. The largest absolute Gasteiger partial charge is 0.342 e. The van der Waals surface area contributed by atoms with Gasteiger partial charge in [-0.3, -0.25) is 9.82 Å². The lowest BCUT2D eigenvalue weighted by atomic mass is 9.62. The SMILES string of the molecule is O=C(NOCc1cccnc1)N1C[C@H]2CCCC[C@@]21c1ccccc1. The topological polar surface area (TPSA) is 54.5 Å². The molecule has 2 aromatic rings. The Morgan fingerprint density at radius 1 is 1.24 bits per heavy atom. The minimum absolute atomic E-state index is 0.147. The summed E-state index contributed by atoms with van der Waals surface area (Å²) in [4.78, 5) is 24.1. The van der Waals surface area contributed by atoms with Crippen LogP contribution in [0, 0.1) is 5.92 Å². The number of hydrogen-bond acceptors (Lipinski definition) is 3. The molecule has 5 heteroatoms. The van der Waals surface area contributed by atoms with Crippen molar-refractivity contribution in [3.63, 3.8) is 0 Å². The summed E-state index contributed by atoms with van der Waals surface area (Å²) in [5.41, 5.74) is 4.63. The van der Waals surface area contributed by atoms with Gasteiger partial charge in [-0.1, -0.05) is 49.2 Å². The third-order valence-electron chi connectivity index (χ3n) is 5.56. The number of hydrogen-bond donors (Lipinski definition) is 1. The maximum Gasteiger partial charge on any atom is 0.342 e. The zero-order valence-corrected chi connectivity index (χ0v) is 14.2. The van der Waals surface area contributed by atoms with E-state index in [-0.39, 0.29) is 11.6 Å². The third-order valence-corrected chi connectivity index (χ3v) is 5.56. The number of fused-ring (bicyclic) bond motifs is 1. The van der Waals surface area contributed by atoms with E-state index in [1.54, 1.807) is 12.4 Å². The van der Waals surface area contributed by atoms with Crippen LogP contribution in [-0.4, -0.2) is 22.5 Å². The first kappa shape index (κ1) is 16.1. The fourth-order valence-electron chi connectivity index (χ4n) is 4.34. The van der Waals surface area contributed by atoms with Crippen LogP contribution in [0.2, 0.25) is 0 Å². The lowest BCUT2D eigenvalue weighted by Gasteiger charge is -2.61. The van der Waals surface area contributed by atoms with Gasteiger partial charge >= 0.3 is 6.03 Å². The highest BCUT2D eigenvalue weighted by molar-refractivity contribution is 5.76. The second-order valence-corrected chi connectivity index (χ2v) is 6.90. The van der Waals surface area contributed by atoms with Crippen LogP contribution in [0.15, 0.2) is 54.9 Å². The van der Waals surface area contributed by atoms with Gasteiger partial charge in [-0.25, -0.2) is 10.3 Å². The van der Waals surface area contributed by atoms with Crippen LogP contribution < -0.4 is 5.48 Å². The minimum Gasteiger partial charge on any atom is -0.313 e. The van der Waals surface area contributed by atoms with E-state index in [4.69, 9.17) is 4.84 Å². The molecule has 2 heterocycles. The Labute approximate surface area is 148 Å². The van der Waals surface area contributed by atoms with Gasteiger partial charge in [-0.05, 0) is 30.0 Å². The fourth-order valence-corrected chi connectivity index (χ4v) is 4.34. The standard InChI is InChI=1S/C20H23N3O2/c24-19(22-25-15-16-7-6-12-21-13-16)23-14-18-10-4-5-11-20(18,23)17-8-2-1-3-9-17/h1-3,6-9,12-13,18H,4-5,10-11,14-15H2,(H,22,24)/t18-,20-/m1/s1. The number of carbonyl (C=O) groups excluding carboxylic acids is 1. The molecule has 2 aliphatic rings. The summed E-state index contributed by atoms with van der Waals surface area (Å²) in [5.74, 6) is 0.549. The molecule has 2 fully saturated rings. The Morgan fingerprint density at radius 2 is 2.12 bits per heavy atom. The van der Waals surface area contributed by atoms with Crippen LogP contribution in [0.5, 0.6) is 0 Å². The molecular weight excluding hydrogens is 314 g/mol. The van der Waals surface area contributed by atoms with Crippen LogP contribution in [0.4, 0.5) is 4.79 Å². The van der Waals surface area contributed by atoms with Gasteiger partial charge < -0.3 is 4.90 Å². The van der Waals surface area contributed by atoms with Crippen molar-refractivity contribution in [2.75, 3.05) is 6.54 Å². The number of aromatic nitrogens is 1. The highest BCUT2D eigenvalue weighted by Crippen LogP contribution is 2.53. The van der Waals surface area contributed by atoms with Crippen molar-refractivity contribution < 1.29 is 9.63 Å². The van der Waals surface area contributed by atoms with E-state index < -0.39 is 0 Å². The average Bonchev–Trinajstić information content (AvgIpc) is 2.64. The van der Waals surface area contributed by atoms with Crippen molar-refractivity contribution in [2.24, 2.45) is 5.92 Å². The molecule has 1 saturated carbocycles. The lowest BCUT2D eigenvalue weighted by Crippen LogP contribution is -2.69. The van der Waals surface area contributed by atoms with E-state index in [2.05, 4.69) is 34.7 Å². The van der Waals surface area contributed by atoms with Gasteiger partial charge in [0.1, 0.15) is 6.61 Å². The van der Waals surface area contributed by atoms with E-state index >= 15 is 0 Å². The van der Waals surface area contributed by atoms with Gasteiger partial charge in [0.2, 0.25) is 0 Å². The number of likely N-dealkylation sites (tertiary alicyclic amines) is 1. The third kappa shape index (κ3) is 2.89. The first-order chi connectivity index (χ1) is 12.3. The quantitative estimate of drug-likeness (QED) is 0.867. The number of amides is 2. The number of hydroxylamine groups is 1. The summed E-state index contributed by atoms with van der Waals surface area (Å²) in [5, 5.41) is 0. The van der Waals surface area contributed by atoms with Crippen LogP contribution in [0.3, 0.4) is 0 Å². The number of rotatable bonds is 4. The Bertz CT molecular complexity index is 722. The summed E-state index contributed by atoms with van der Waals surface area (Å²) in [6, 6.07) is 14.1. The van der Waals surface area contributed by atoms with E-state index in [0.717, 1.165) is 24.9 Å². The molecular formula is C20H23N3O2. The van der Waals surface area contributed by atoms with Gasteiger partial charge in [0, 0.05) is 24.9 Å². The molecule has 25 heavy (non-hydrogen) atoms. The van der Waals surface area contributed by atoms with Gasteiger partial charge in [0.25, 0.3) is 0 Å². The molecule has 2 amide bonds. The van der Waals surface area contributed by atoms with Crippen molar-refractivity contribution in [3.05, 3.63) is 66.0 Å². The van der Waals surface area contributed by atoms with Crippen molar-refractivity contribution in [1.29, 1.82) is 0 Å².